The minimum atomic E-state index is -3.65. The van der Waals surface area contributed by atoms with Crippen LogP contribution in [0.4, 0.5) is 5.69 Å². The van der Waals surface area contributed by atoms with Gasteiger partial charge in [0.2, 0.25) is 0 Å². The lowest BCUT2D eigenvalue weighted by molar-refractivity contribution is 0.601. The Bertz CT molecular complexity index is 877. The molecule has 0 saturated heterocycles. The van der Waals surface area contributed by atoms with Gasteiger partial charge in [0.25, 0.3) is 10.0 Å². The highest BCUT2D eigenvalue weighted by atomic mass is 79.9. The molecule has 1 aromatic heterocycles. The summed E-state index contributed by atoms with van der Waals surface area (Å²) >= 11 is 4.31. The van der Waals surface area contributed by atoms with E-state index in [-0.39, 0.29) is 4.90 Å². The number of nitrogens with zero attached hydrogens (tertiary/aromatic N) is 2. The Morgan fingerprint density at radius 1 is 1.10 bits per heavy atom. The zero-order valence-electron chi connectivity index (χ0n) is 9.95. The van der Waals surface area contributed by atoms with Crippen LogP contribution < -0.4 is 4.72 Å². The largest absolute Gasteiger partial charge is 0.277 e. The van der Waals surface area contributed by atoms with Crippen molar-refractivity contribution in [2.24, 2.45) is 0 Å². The monoisotopic (exact) mass is 369 g/mol. The van der Waals surface area contributed by atoms with Gasteiger partial charge in [-0.2, -0.15) is 8.75 Å². The van der Waals surface area contributed by atoms with E-state index in [1.807, 2.05) is 0 Å². The number of hydrogen-bond acceptors (Lipinski definition) is 5. The van der Waals surface area contributed by atoms with Gasteiger partial charge in [-0.15, -0.1) is 0 Å². The highest BCUT2D eigenvalue weighted by Crippen LogP contribution is 2.25. The summed E-state index contributed by atoms with van der Waals surface area (Å²) in [6, 6.07) is 11.7. The van der Waals surface area contributed by atoms with Crippen LogP contribution in [0.2, 0.25) is 0 Å². The van der Waals surface area contributed by atoms with E-state index in [2.05, 4.69) is 29.4 Å². The van der Waals surface area contributed by atoms with E-state index in [1.54, 1.807) is 36.4 Å². The highest BCUT2D eigenvalue weighted by molar-refractivity contribution is 9.10. The van der Waals surface area contributed by atoms with Crippen molar-refractivity contribution in [2.45, 2.75) is 4.90 Å². The summed E-state index contributed by atoms with van der Waals surface area (Å²) < 4.78 is 36.1. The minimum absolute atomic E-state index is 0.187. The standard InChI is InChI=1S/C12H8BrN3O2S2/c13-8-3-1-4-9(7-8)20(17,18)16-11-6-2-5-10-12(11)15-19-14-10/h1-7,16H. The van der Waals surface area contributed by atoms with Crippen LogP contribution in [0.3, 0.4) is 0 Å². The van der Waals surface area contributed by atoms with Crippen LogP contribution in [0, 0.1) is 0 Å². The summed E-state index contributed by atoms with van der Waals surface area (Å²) in [6.45, 7) is 0. The second kappa shape index (κ2) is 5.12. The first kappa shape index (κ1) is 13.5. The third kappa shape index (κ3) is 2.54. The molecule has 3 rings (SSSR count). The van der Waals surface area contributed by atoms with Crippen LogP contribution in [-0.2, 0) is 10.0 Å². The summed E-state index contributed by atoms with van der Waals surface area (Å²) in [6.07, 6.45) is 0. The molecule has 102 valence electrons. The van der Waals surface area contributed by atoms with Gasteiger partial charge in [0, 0.05) is 4.47 Å². The number of aromatic nitrogens is 2. The van der Waals surface area contributed by atoms with Crippen molar-refractivity contribution in [1.82, 2.24) is 8.75 Å². The quantitative estimate of drug-likeness (QED) is 0.768. The first-order valence-electron chi connectivity index (χ1n) is 5.56. The van der Waals surface area contributed by atoms with Crippen LogP contribution in [0.1, 0.15) is 0 Å². The molecule has 0 aliphatic heterocycles. The van der Waals surface area contributed by atoms with Gasteiger partial charge in [-0.3, -0.25) is 4.72 Å². The van der Waals surface area contributed by atoms with Crippen molar-refractivity contribution in [3.63, 3.8) is 0 Å². The van der Waals surface area contributed by atoms with E-state index >= 15 is 0 Å². The number of hydrogen-bond donors (Lipinski definition) is 1. The highest BCUT2D eigenvalue weighted by Gasteiger charge is 2.16. The number of anilines is 1. The molecule has 20 heavy (non-hydrogen) atoms. The van der Waals surface area contributed by atoms with Gasteiger partial charge in [-0.25, -0.2) is 8.42 Å². The molecule has 3 aromatic rings. The first-order valence-corrected chi connectivity index (χ1v) is 8.56. The Labute approximate surface area is 128 Å². The Hall–Kier alpha value is -1.51. The maximum absolute atomic E-state index is 12.3. The Morgan fingerprint density at radius 3 is 2.70 bits per heavy atom. The molecule has 0 spiro atoms. The predicted molar refractivity (Wildman–Crippen MR) is 82.4 cm³/mol. The number of rotatable bonds is 3. The van der Waals surface area contributed by atoms with Crippen LogP contribution in [0.25, 0.3) is 11.0 Å². The Morgan fingerprint density at radius 2 is 1.90 bits per heavy atom. The molecule has 8 heteroatoms. The number of halogens is 1. The zero-order chi connectivity index (χ0) is 14.2. The topological polar surface area (TPSA) is 72.0 Å². The number of sulfonamides is 1. The van der Waals surface area contributed by atoms with E-state index in [4.69, 9.17) is 0 Å². The lowest BCUT2D eigenvalue weighted by atomic mass is 10.3. The van der Waals surface area contributed by atoms with Gasteiger partial charge in [0.15, 0.2) is 0 Å². The third-order valence-electron chi connectivity index (χ3n) is 2.64. The average molecular weight is 370 g/mol. The summed E-state index contributed by atoms with van der Waals surface area (Å²) in [4.78, 5) is 0.187. The third-order valence-corrected chi connectivity index (χ3v) is 5.04. The van der Waals surface area contributed by atoms with Crippen molar-refractivity contribution in [3.05, 3.63) is 46.9 Å². The van der Waals surface area contributed by atoms with E-state index in [9.17, 15) is 8.42 Å². The van der Waals surface area contributed by atoms with E-state index in [0.717, 1.165) is 11.7 Å². The van der Waals surface area contributed by atoms with Gasteiger partial charge in [0.1, 0.15) is 11.0 Å². The van der Waals surface area contributed by atoms with E-state index < -0.39 is 10.0 Å². The fourth-order valence-electron chi connectivity index (χ4n) is 1.73. The fourth-order valence-corrected chi connectivity index (χ4v) is 3.94. The maximum atomic E-state index is 12.3. The van der Waals surface area contributed by atoms with Crippen molar-refractivity contribution in [3.8, 4) is 0 Å². The molecule has 0 aliphatic carbocycles. The fraction of sp³-hybridized carbons (Fsp3) is 0. The van der Waals surface area contributed by atoms with Crippen LogP contribution in [0.5, 0.6) is 0 Å². The molecule has 0 saturated carbocycles. The predicted octanol–water partition coefficient (Wildman–Crippen LogP) is 3.25. The van der Waals surface area contributed by atoms with Gasteiger partial charge in [-0.1, -0.05) is 28.1 Å². The molecule has 0 unspecified atom stereocenters. The molecule has 0 radical (unpaired) electrons. The van der Waals surface area contributed by atoms with Gasteiger partial charge in [0.05, 0.1) is 22.3 Å². The second-order valence-corrected chi connectivity index (χ2v) is 7.13. The van der Waals surface area contributed by atoms with Crippen LogP contribution in [0.15, 0.2) is 51.8 Å². The Balaban J connectivity index is 2.04. The molecule has 0 aliphatic rings. The average Bonchev–Trinajstić information content (AvgIpc) is 2.88. The van der Waals surface area contributed by atoms with E-state index in [1.165, 1.54) is 6.07 Å². The normalized spacial score (nSPS) is 11.7. The summed E-state index contributed by atoms with van der Waals surface area (Å²) in [7, 11) is -3.65. The zero-order valence-corrected chi connectivity index (χ0v) is 13.2. The molecule has 1 N–H and O–H groups in total. The van der Waals surface area contributed by atoms with Crippen molar-refractivity contribution in [1.29, 1.82) is 0 Å². The number of benzene rings is 2. The smallest absolute Gasteiger partial charge is 0.262 e. The molecular weight excluding hydrogens is 362 g/mol. The van der Waals surface area contributed by atoms with Gasteiger partial charge >= 0.3 is 0 Å². The van der Waals surface area contributed by atoms with Crippen molar-refractivity contribution < 1.29 is 8.42 Å². The molecular formula is C12H8BrN3O2S2. The summed E-state index contributed by atoms with van der Waals surface area (Å²) in [5, 5.41) is 0. The van der Waals surface area contributed by atoms with Crippen LogP contribution >= 0.6 is 27.7 Å². The van der Waals surface area contributed by atoms with E-state index in [0.29, 0.717) is 21.2 Å². The van der Waals surface area contributed by atoms with Gasteiger partial charge < -0.3 is 0 Å². The van der Waals surface area contributed by atoms with Gasteiger partial charge in [-0.05, 0) is 30.3 Å². The second-order valence-electron chi connectivity index (χ2n) is 4.00. The molecule has 0 bridgehead atoms. The number of fused-ring (bicyclic) bond motifs is 1. The molecule has 0 atom stereocenters. The molecule has 0 fully saturated rings. The molecule has 1 heterocycles. The Kier molecular flexibility index (Phi) is 3.45. The summed E-state index contributed by atoms with van der Waals surface area (Å²) in [5.74, 6) is 0. The molecule has 2 aromatic carbocycles. The lowest BCUT2D eigenvalue weighted by Crippen LogP contribution is -2.13. The number of nitrogens with one attached hydrogen (secondary N) is 1. The minimum Gasteiger partial charge on any atom is -0.277 e. The SMILES string of the molecule is O=S(=O)(Nc1cccc2nsnc12)c1cccc(Br)c1. The van der Waals surface area contributed by atoms with Crippen LogP contribution in [-0.4, -0.2) is 17.2 Å². The first-order chi connectivity index (χ1) is 9.56. The van der Waals surface area contributed by atoms with Crippen molar-refractivity contribution >= 4 is 54.4 Å². The molecule has 0 amide bonds. The summed E-state index contributed by atoms with van der Waals surface area (Å²) in [5.41, 5.74) is 1.65. The van der Waals surface area contributed by atoms with Crippen molar-refractivity contribution in [2.75, 3.05) is 4.72 Å². The molecule has 5 nitrogen and oxygen atoms in total. The lowest BCUT2D eigenvalue weighted by Gasteiger charge is -2.08. The maximum Gasteiger partial charge on any atom is 0.262 e.